The summed E-state index contributed by atoms with van der Waals surface area (Å²) in [7, 11) is 0. The number of nitrogens with two attached hydrogens (primary N) is 1. The van der Waals surface area contributed by atoms with Crippen molar-refractivity contribution in [3.63, 3.8) is 0 Å². The molecule has 1 aromatic rings. The summed E-state index contributed by atoms with van der Waals surface area (Å²) in [6.45, 7) is 2.30. The molecule has 0 saturated heterocycles. The third-order valence-electron chi connectivity index (χ3n) is 5.65. The summed E-state index contributed by atoms with van der Waals surface area (Å²) in [6, 6.07) is 0. The van der Waals surface area contributed by atoms with Gasteiger partial charge in [-0.3, -0.25) is 0 Å². The zero-order chi connectivity index (χ0) is 13.0. The molecule has 2 unspecified atom stereocenters. The first-order chi connectivity index (χ1) is 9.14. The molecule has 4 nitrogen and oxygen atoms in total. The summed E-state index contributed by atoms with van der Waals surface area (Å²) >= 11 is 0. The lowest BCUT2D eigenvalue weighted by molar-refractivity contribution is 0.229. The zero-order valence-corrected chi connectivity index (χ0v) is 11.6. The van der Waals surface area contributed by atoms with Crippen LogP contribution >= 0.6 is 0 Å². The number of fused-ring (bicyclic) bond motifs is 1. The Balaban J connectivity index is 1.51. The van der Waals surface area contributed by atoms with Gasteiger partial charge in [0, 0.05) is 5.92 Å². The number of hydrogen-bond donors (Lipinski definition) is 1. The van der Waals surface area contributed by atoms with Crippen molar-refractivity contribution in [2.24, 2.45) is 23.5 Å². The Morgan fingerprint density at radius 3 is 2.53 bits per heavy atom. The van der Waals surface area contributed by atoms with Crippen molar-refractivity contribution in [3.8, 4) is 0 Å². The SMILES string of the molecule is CC1CCC(N)(c2noc(C3CC4CC4C3)n2)CC1. The van der Waals surface area contributed by atoms with Gasteiger partial charge in [0.15, 0.2) is 5.82 Å². The van der Waals surface area contributed by atoms with Gasteiger partial charge in [0.25, 0.3) is 0 Å². The fourth-order valence-electron chi connectivity index (χ4n) is 4.02. The Morgan fingerprint density at radius 1 is 1.16 bits per heavy atom. The lowest BCUT2D eigenvalue weighted by Crippen LogP contribution is -2.41. The topological polar surface area (TPSA) is 64.9 Å². The highest BCUT2D eigenvalue weighted by molar-refractivity contribution is 5.11. The summed E-state index contributed by atoms with van der Waals surface area (Å²) in [5.41, 5.74) is 6.17. The molecule has 0 radical (unpaired) electrons. The second kappa shape index (κ2) is 4.05. The van der Waals surface area contributed by atoms with Crippen molar-refractivity contribution in [2.75, 3.05) is 0 Å². The average Bonchev–Trinajstić information content (AvgIpc) is 2.85. The number of nitrogens with zero attached hydrogens (tertiary/aromatic N) is 2. The van der Waals surface area contributed by atoms with E-state index in [0.717, 1.165) is 42.3 Å². The van der Waals surface area contributed by atoms with Gasteiger partial charge in [-0.05, 0) is 62.7 Å². The molecule has 0 aromatic carbocycles. The molecule has 4 heteroatoms. The number of rotatable bonds is 2. The Bertz CT molecular complexity index is 465. The number of hydrogen-bond acceptors (Lipinski definition) is 4. The van der Waals surface area contributed by atoms with Gasteiger partial charge < -0.3 is 10.3 Å². The molecular formula is C15H23N3O. The van der Waals surface area contributed by atoms with Gasteiger partial charge in [0.2, 0.25) is 5.89 Å². The summed E-state index contributed by atoms with van der Waals surface area (Å²) in [6.07, 6.45) is 8.26. The predicted octanol–water partition coefficient (Wildman–Crippen LogP) is 2.95. The normalized spacial score (nSPS) is 45.2. The van der Waals surface area contributed by atoms with Gasteiger partial charge in [0.05, 0.1) is 5.54 Å². The highest BCUT2D eigenvalue weighted by Gasteiger charge is 2.48. The van der Waals surface area contributed by atoms with Gasteiger partial charge in [0.1, 0.15) is 0 Å². The van der Waals surface area contributed by atoms with Crippen LogP contribution in [0.15, 0.2) is 4.52 Å². The van der Waals surface area contributed by atoms with E-state index in [2.05, 4.69) is 17.1 Å². The minimum Gasteiger partial charge on any atom is -0.339 e. The Kier molecular flexibility index (Phi) is 2.53. The van der Waals surface area contributed by atoms with E-state index in [9.17, 15) is 0 Å². The second-order valence-electron chi connectivity index (χ2n) is 7.22. The molecular weight excluding hydrogens is 238 g/mol. The van der Waals surface area contributed by atoms with Gasteiger partial charge >= 0.3 is 0 Å². The maximum absolute atomic E-state index is 6.51. The molecule has 0 bridgehead atoms. The third-order valence-corrected chi connectivity index (χ3v) is 5.65. The van der Waals surface area contributed by atoms with E-state index in [4.69, 9.17) is 10.3 Å². The summed E-state index contributed by atoms with van der Waals surface area (Å²) in [5, 5.41) is 4.21. The first-order valence-corrected chi connectivity index (χ1v) is 7.77. The van der Waals surface area contributed by atoms with Crippen LogP contribution in [-0.2, 0) is 5.54 Å². The lowest BCUT2D eigenvalue weighted by Gasteiger charge is -2.33. The molecule has 3 aliphatic carbocycles. The Hall–Kier alpha value is -0.900. The van der Waals surface area contributed by atoms with E-state index in [1.54, 1.807) is 0 Å². The molecule has 0 aliphatic heterocycles. The summed E-state index contributed by atoms with van der Waals surface area (Å²) < 4.78 is 5.52. The molecule has 0 spiro atoms. The first kappa shape index (κ1) is 11.9. The van der Waals surface area contributed by atoms with E-state index in [1.807, 2.05) is 0 Å². The second-order valence-corrected chi connectivity index (χ2v) is 7.22. The summed E-state index contributed by atoms with van der Waals surface area (Å²) in [4.78, 5) is 4.66. The molecule has 1 aromatic heterocycles. The summed E-state index contributed by atoms with van der Waals surface area (Å²) in [5.74, 6) is 4.80. The third kappa shape index (κ3) is 2.00. The van der Waals surface area contributed by atoms with Crippen LogP contribution in [-0.4, -0.2) is 10.1 Å². The minimum atomic E-state index is -0.338. The molecule has 1 heterocycles. The molecule has 4 rings (SSSR count). The molecule has 19 heavy (non-hydrogen) atoms. The van der Waals surface area contributed by atoms with E-state index in [-0.39, 0.29) is 5.54 Å². The van der Waals surface area contributed by atoms with Crippen molar-refractivity contribution in [1.82, 2.24) is 10.1 Å². The molecule has 3 aliphatic rings. The van der Waals surface area contributed by atoms with Crippen molar-refractivity contribution in [1.29, 1.82) is 0 Å². The largest absolute Gasteiger partial charge is 0.339 e. The van der Waals surface area contributed by atoms with Crippen molar-refractivity contribution < 1.29 is 4.52 Å². The van der Waals surface area contributed by atoms with Gasteiger partial charge in [-0.1, -0.05) is 12.1 Å². The van der Waals surface area contributed by atoms with Gasteiger partial charge in [-0.2, -0.15) is 4.98 Å². The van der Waals surface area contributed by atoms with Crippen LogP contribution in [0.2, 0.25) is 0 Å². The van der Waals surface area contributed by atoms with Crippen molar-refractivity contribution in [2.45, 2.75) is 63.3 Å². The van der Waals surface area contributed by atoms with E-state index in [0.29, 0.717) is 5.92 Å². The molecule has 2 atom stereocenters. The van der Waals surface area contributed by atoms with Crippen molar-refractivity contribution >= 4 is 0 Å². The monoisotopic (exact) mass is 261 g/mol. The minimum absolute atomic E-state index is 0.338. The smallest absolute Gasteiger partial charge is 0.229 e. The van der Waals surface area contributed by atoms with Crippen LogP contribution < -0.4 is 5.73 Å². The van der Waals surface area contributed by atoms with E-state index in [1.165, 1.54) is 32.1 Å². The predicted molar refractivity (Wildman–Crippen MR) is 71.4 cm³/mol. The fourth-order valence-corrected chi connectivity index (χ4v) is 4.02. The van der Waals surface area contributed by atoms with Crippen LogP contribution in [0.3, 0.4) is 0 Å². The molecule has 0 amide bonds. The zero-order valence-electron chi connectivity index (χ0n) is 11.6. The van der Waals surface area contributed by atoms with Crippen LogP contribution in [0.5, 0.6) is 0 Å². The van der Waals surface area contributed by atoms with Crippen molar-refractivity contribution in [3.05, 3.63) is 11.7 Å². The lowest BCUT2D eigenvalue weighted by atomic mass is 9.77. The van der Waals surface area contributed by atoms with E-state index >= 15 is 0 Å². The van der Waals surface area contributed by atoms with Crippen LogP contribution in [0.4, 0.5) is 0 Å². The number of aromatic nitrogens is 2. The highest BCUT2D eigenvalue weighted by atomic mass is 16.5. The highest BCUT2D eigenvalue weighted by Crippen LogP contribution is 2.57. The van der Waals surface area contributed by atoms with Gasteiger partial charge in [-0.15, -0.1) is 0 Å². The van der Waals surface area contributed by atoms with Crippen LogP contribution in [0.1, 0.15) is 69.5 Å². The first-order valence-electron chi connectivity index (χ1n) is 7.77. The average molecular weight is 261 g/mol. The standard InChI is InChI=1S/C15H23N3O/c1-9-2-4-15(16,5-3-9)14-17-13(19-18-14)12-7-10-6-11(10)8-12/h9-12H,2-8,16H2,1H3. The quantitative estimate of drug-likeness (QED) is 0.889. The van der Waals surface area contributed by atoms with Crippen LogP contribution in [0, 0.1) is 17.8 Å². The molecule has 3 saturated carbocycles. The van der Waals surface area contributed by atoms with Gasteiger partial charge in [-0.25, -0.2) is 0 Å². The molecule has 3 fully saturated rings. The Morgan fingerprint density at radius 2 is 1.84 bits per heavy atom. The maximum atomic E-state index is 6.51. The fraction of sp³-hybridized carbons (Fsp3) is 0.867. The van der Waals surface area contributed by atoms with Crippen LogP contribution in [0.25, 0.3) is 0 Å². The maximum Gasteiger partial charge on any atom is 0.229 e. The molecule has 2 N–H and O–H groups in total. The molecule has 104 valence electrons. The Labute approximate surface area is 114 Å². The van der Waals surface area contributed by atoms with E-state index < -0.39 is 0 Å².